The van der Waals surface area contributed by atoms with Crippen LogP contribution in [-0.2, 0) is 0 Å². The summed E-state index contributed by atoms with van der Waals surface area (Å²) in [7, 11) is 0. The quantitative estimate of drug-likeness (QED) is 0.545. The standard InChI is InChI=1S/C21H27NO2S.C5H10/c1-4-15-13-25-20(21(23)24)19(15)17-10-11-22(5-2)12-18(17)16-8-6-14(3)7-9-16;1-2-4-5-3-1/h1,13-14,16H,5-12H2,2-3H3,(H,23,24);1-5H2. The summed E-state index contributed by atoms with van der Waals surface area (Å²) in [4.78, 5) is 14.6. The first-order valence-electron chi connectivity index (χ1n) is 11.8. The predicted octanol–water partition coefficient (Wildman–Crippen LogP) is 6.68. The summed E-state index contributed by atoms with van der Waals surface area (Å²) in [6.07, 6.45) is 19.1. The molecule has 2 heterocycles. The summed E-state index contributed by atoms with van der Waals surface area (Å²) in [6.45, 7) is 7.52. The molecule has 0 unspecified atom stereocenters. The van der Waals surface area contributed by atoms with Gasteiger partial charge in [0.2, 0.25) is 0 Å². The van der Waals surface area contributed by atoms with Gasteiger partial charge in [0.15, 0.2) is 0 Å². The number of hydrogen-bond donors (Lipinski definition) is 1. The van der Waals surface area contributed by atoms with Crippen LogP contribution in [0.4, 0.5) is 0 Å². The molecule has 1 N–H and O–H groups in total. The van der Waals surface area contributed by atoms with Gasteiger partial charge in [-0.05, 0) is 48.8 Å². The van der Waals surface area contributed by atoms with Gasteiger partial charge in [-0.3, -0.25) is 4.90 Å². The van der Waals surface area contributed by atoms with E-state index in [4.69, 9.17) is 6.42 Å². The maximum absolute atomic E-state index is 11.7. The zero-order valence-corrected chi connectivity index (χ0v) is 19.5. The second-order valence-corrected chi connectivity index (χ2v) is 10.0. The van der Waals surface area contributed by atoms with Crippen LogP contribution in [0.1, 0.15) is 98.9 Å². The Labute approximate surface area is 186 Å². The first kappa shape index (κ1) is 23.1. The van der Waals surface area contributed by atoms with Gasteiger partial charge in [-0.25, -0.2) is 4.79 Å². The molecule has 3 nitrogen and oxygen atoms in total. The molecule has 4 heteroatoms. The van der Waals surface area contributed by atoms with Gasteiger partial charge in [-0.1, -0.05) is 64.7 Å². The molecule has 2 aliphatic carbocycles. The van der Waals surface area contributed by atoms with Crippen LogP contribution in [-0.4, -0.2) is 35.6 Å². The average molecular weight is 428 g/mol. The van der Waals surface area contributed by atoms with Crippen LogP contribution in [0.3, 0.4) is 0 Å². The smallest absolute Gasteiger partial charge is 0.346 e. The van der Waals surface area contributed by atoms with Crippen molar-refractivity contribution in [1.82, 2.24) is 4.90 Å². The zero-order valence-electron chi connectivity index (χ0n) is 18.7. The van der Waals surface area contributed by atoms with E-state index in [1.807, 2.05) is 5.38 Å². The second-order valence-electron chi connectivity index (χ2n) is 9.15. The third-order valence-corrected chi connectivity index (χ3v) is 8.08. The lowest BCUT2D eigenvalue weighted by molar-refractivity contribution is 0.0701. The van der Waals surface area contributed by atoms with Gasteiger partial charge < -0.3 is 5.11 Å². The van der Waals surface area contributed by atoms with Crippen molar-refractivity contribution in [2.45, 2.75) is 78.1 Å². The van der Waals surface area contributed by atoms with Crippen LogP contribution in [0.5, 0.6) is 0 Å². The van der Waals surface area contributed by atoms with Crippen LogP contribution < -0.4 is 0 Å². The molecule has 1 aliphatic heterocycles. The first-order chi connectivity index (χ1) is 14.5. The van der Waals surface area contributed by atoms with Crippen molar-refractivity contribution < 1.29 is 9.90 Å². The number of likely N-dealkylation sites (N-methyl/N-ethyl adjacent to an activating group) is 1. The van der Waals surface area contributed by atoms with Crippen molar-refractivity contribution >= 4 is 22.9 Å². The van der Waals surface area contributed by atoms with Gasteiger partial charge >= 0.3 is 5.97 Å². The largest absolute Gasteiger partial charge is 0.477 e. The highest BCUT2D eigenvalue weighted by Crippen LogP contribution is 2.42. The number of thiophene rings is 1. The number of carboxylic acid groups (broad SMARTS) is 1. The Kier molecular flexibility index (Phi) is 8.60. The van der Waals surface area contributed by atoms with Crippen LogP contribution >= 0.6 is 11.3 Å². The summed E-state index contributed by atoms with van der Waals surface area (Å²) < 4.78 is 0. The fourth-order valence-electron chi connectivity index (χ4n) is 5.19. The maximum Gasteiger partial charge on any atom is 0.346 e. The Bertz CT molecular complexity index is 781. The Balaban J connectivity index is 0.000000448. The fourth-order valence-corrected chi connectivity index (χ4v) is 6.06. The van der Waals surface area contributed by atoms with Crippen LogP contribution in [0.2, 0.25) is 0 Å². The van der Waals surface area contributed by atoms with E-state index in [1.165, 1.54) is 80.3 Å². The molecule has 2 fully saturated rings. The van der Waals surface area contributed by atoms with Crippen LogP contribution in [0, 0.1) is 24.2 Å². The Morgan fingerprint density at radius 3 is 2.37 bits per heavy atom. The number of rotatable bonds is 4. The van der Waals surface area contributed by atoms with Gasteiger partial charge in [0.1, 0.15) is 4.88 Å². The molecule has 4 rings (SSSR count). The number of aromatic carboxylic acids is 1. The SMILES string of the molecule is C#Cc1csc(C(=O)O)c1C1=C(C2CCC(C)CC2)CN(CC)CC1.C1CCCC1. The van der Waals surface area contributed by atoms with Crippen molar-refractivity contribution in [2.24, 2.45) is 11.8 Å². The van der Waals surface area contributed by atoms with Gasteiger partial charge in [0.05, 0.1) is 0 Å². The molecule has 0 amide bonds. The maximum atomic E-state index is 11.7. The van der Waals surface area contributed by atoms with E-state index in [1.54, 1.807) is 0 Å². The molecule has 1 aromatic rings. The van der Waals surface area contributed by atoms with Crippen molar-refractivity contribution in [3.05, 3.63) is 27.0 Å². The Hall–Kier alpha value is -1.57. The van der Waals surface area contributed by atoms with E-state index in [2.05, 4.69) is 24.7 Å². The van der Waals surface area contributed by atoms with E-state index in [-0.39, 0.29) is 0 Å². The minimum Gasteiger partial charge on any atom is -0.477 e. The number of nitrogens with zero attached hydrogens (tertiary/aromatic N) is 1. The summed E-state index contributed by atoms with van der Waals surface area (Å²) in [6, 6.07) is 0. The molecule has 0 bridgehead atoms. The summed E-state index contributed by atoms with van der Waals surface area (Å²) in [5.41, 5.74) is 4.28. The van der Waals surface area contributed by atoms with E-state index < -0.39 is 5.97 Å². The number of terminal acetylenes is 1. The topological polar surface area (TPSA) is 40.5 Å². The molecule has 0 radical (unpaired) electrons. The number of hydrogen-bond acceptors (Lipinski definition) is 3. The fraction of sp³-hybridized carbons (Fsp3) is 0.654. The minimum absolute atomic E-state index is 0.412. The Morgan fingerprint density at radius 1 is 1.20 bits per heavy atom. The van der Waals surface area contributed by atoms with Gasteiger partial charge in [0, 0.05) is 29.6 Å². The first-order valence-corrected chi connectivity index (χ1v) is 12.7. The zero-order chi connectivity index (χ0) is 21.5. The molecule has 0 aromatic carbocycles. The third-order valence-electron chi connectivity index (χ3n) is 7.11. The summed E-state index contributed by atoms with van der Waals surface area (Å²) >= 11 is 1.27. The molecule has 0 atom stereocenters. The van der Waals surface area contributed by atoms with E-state index >= 15 is 0 Å². The van der Waals surface area contributed by atoms with Crippen molar-refractivity contribution in [2.75, 3.05) is 19.6 Å². The number of carbonyl (C=O) groups is 1. The van der Waals surface area contributed by atoms with Crippen LogP contribution in [0.25, 0.3) is 5.57 Å². The molecule has 2 saturated carbocycles. The molecule has 0 saturated heterocycles. The minimum atomic E-state index is -0.858. The molecule has 1 aromatic heterocycles. The highest BCUT2D eigenvalue weighted by atomic mass is 32.1. The molecule has 30 heavy (non-hydrogen) atoms. The van der Waals surface area contributed by atoms with Crippen LogP contribution in [0.15, 0.2) is 11.0 Å². The highest BCUT2D eigenvalue weighted by Gasteiger charge is 2.31. The highest BCUT2D eigenvalue weighted by molar-refractivity contribution is 7.12. The molecule has 0 spiro atoms. The lowest BCUT2D eigenvalue weighted by Crippen LogP contribution is -2.34. The van der Waals surface area contributed by atoms with E-state index in [0.717, 1.165) is 43.1 Å². The lowest BCUT2D eigenvalue weighted by Gasteiger charge is -2.37. The van der Waals surface area contributed by atoms with Crippen molar-refractivity contribution in [3.63, 3.8) is 0 Å². The summed E-state index contributed by atoms with van der Waals surface area (Å²) in [5.74, 6) is 3.25. The lowest BCUT2D eigenvalue weighted by atomic mass is 9.75. The normalized spacial score (nSPS) is 24.8. The van der Waals surface area contributed by atoms with Crippen molar-refractivity contribution in [1.29, 1.82) is 0 Å². The third kappa shape index (κ3) is 5.56. The second kappa shape index (κ2) is 11.2. The number of carboxylic acids is 1. The van der Waals surface area contributed by atoms with E-state index in [0.29, 0.717) is 10.8 Å². The molecule has 164 valence electrons. The summed E-state index contributed by atoms with van der Waals surface area (Å²) in [5, 5.41) is 11.5. The van der Waals surface area contributed by atoms with Gasteiger partial charge in [-0.2, -0.15) is 0 Å². The average Bonchev–Trinajstić information content (AvgIpc) is 3.47. The molecular formula is C26H37NO2S. The van der Waals surface area contributed by atoms with E-state index in [9.17, 15) is 9.90 Å². The molecular weight excluding hydrogens is 390 g/mol. The Morgan fingerprint density at radius 2 is 1.83 bits per heavy atom. The van der Waals surface area contributed by atoms with Crippen molar-refractivity contribution in [3.8, 4) is 12.3 Å². The molecule has 3 aliphatic rings. The predicted molar refractivity (Wildman–Crippen MR) is 127 cm³/mol. The van der Waals surface area contributed by atoms with Gasteiger partial charge in [0.25, 0.3) is 0 Å². The monoisotopic (exact) mass is 427 g/mol. The van der Waals surface area contributed by atoms with Gasteiger partial charge in [-0.15, -0.1) is 17.8 Å².